The van der Waals surface area contributed by atoms with Crippen LogP contribution in [0.15, 0.2) is 84.9 Å². The third-order valence-corrected chi connectivity index (χ3v) is 4.73. The Hall–Kier alpha value is -3.66. The second kappa shape index (κ2) is 8.57. The summed E-state index contributed by atoms with van der Waals surface area (Å²) < 4.78 is 0. The molecule has 0 saturated heterocycles. The van der Waals surface area contributed by atoms with Crippen LogP contribution in [0.4, 0.5) is 5.69 Å². The molecule has 1 aliphatic carbocycles. The first-order chi connectivity index (χ1) is 14.2. The molecule has 0 aliphatic heterocycles. The highest BCUT2D eigenvalue weighted by Gasteiger charge is 2.23. The Labute approximate surface area is 170 Å². The van der Waals surface area contributed by atoms with Gasteiger partial charge in [0, 0.05) is 23.4 Å². The second-order valence-corrected chi connectivity index (χ2v) is 7.14. The summed E-state index contributed by atoms with van der Waals surface area (Å²) >= 11 is 0. The number of benzene rings is 3. The van der Waals surface area contributed by atoms with Crippen LogP contribution in [0.3, 0.4) is 0 Å². The Kier molecular flexibility index (Phi) is 5.52. The van der Waals surface area contributed by atoms with E-state index in [0.717, 1.165) is 29.5 Å². The van der Waals surface area contributed by atoms with Crippen molar-refractivity contribution >= 4 is 23.6 Å². The molecule has 3 aromatic carbocycles. The van der Waals surface area contributed by atoms with E-state index in [1.165, 1.54) is 6.08 Å². The van der Waals surface area contributed by atoms with Crippen LogP contribution >= 0.6 is 0 Å². The highest BCUT2D eigenvalue weighted by Crippen LogP contribution is 2.21. The van der Waals surface area contributed by atoms with Gasteiger partial charge in [-0.25, -0.2) is 0 Å². The van der Waals surface area contributed by atoms with Gasteiger partial charge in [-0.3, -0.25) is 9.59 Å². The van der Waals surface area contributed by atoms with Gasteiger partial charge in [-0.05, 0) is 59.9 Å². The van der Waals surface area contributed by atoms with Gasteiger partial charge in [0.15, 0.2) is 0 Å². The van der Waals surface area contributed by atoms with Gasteiger partial charge < -0.3 is 10.6 Å². The number of amides is 2. The van der Waals surface area contributed by atoms with Gasteiger partial charge >= 0.3 is 0 Å². The topological polar surface area (TPSA) is 58.2 Å². The molecule has 29 heavy (non-hydrogen) atoms. The van der Waals surface area contributed by atoms with Crippen molar-refractivity contribution in [1.82, 2.24) is 5.32 Å². The lowest BCUT2D eigenvalue weighted by atomic mass is 10.0. The van der Waals surface area contributed by atoms with Crippen molar-refractivity contribution in [1.29, 1.82) is 0 Å². The minimum atomic E-state index is -0.241. The number of anilines is 1. The van der Waals surface area contributed by atoms with Crippen molar-refractivity contribution in [3.8, 4) is 11.1 Å². The largest absolute Gasteiger partial charge is 0.349 e. The number of hydrogen-bond donors (Lipinski definition) is 2. The number of carbonyl (C=O) groups is 2. The van der Waals surface area contributed by atoms with E-state index in [2.05, 4.69) is 22.8 Å². The van der Waals surface area contributed by atoms with Crippen LogP contribution in [0.5, 0.6) is 0 Å². The van der Waals surface area contributed by atoms with E-state index in [9.17, 15) is 9.59 Å². The van der Waals surface area contributed by atoms with E-state index in [0.29, 0.717) is 17.3 Å². The Balaban J connectivity index is 1.41. The maximum atomic E-state index is 12.3. The van der Waals surface area contributed by atoms with E-state index in [-0.39, 0.29) is 11.8 Å². The van der Waals surface area contributed by atoms with Crippen LogP contribution in [0, 0.1) is 0 Å². The fourth-order valence-corrected chi connectivity index (χ4v) is 3.04. The molecule has 144 valence electrons. The molecule has 2 N–H and O–H groups in total. The number of rotatable bonds is 6. The maximum absolute atomic E-state index is 12.3. The first-order valence-corrected chi connectivity index (χ1v) is 9.73. The molecule has 0 spiro atoms. The average molecular weight is 382 g/mol. The number of carbonyl (C=O) groups excluding carboxylic acids is 2. The molecule has 1 fully saturated rings. The average Bonchev–Trinajstić information content (AvgIpc) is 3.57. The first kappa shape index (κ1) is 18.7. The molecule has 4 heteroatoms. The molecule has 1 saturated carbocycles. The van der Waals surface area contributed by atoms with Crippen LogP contribution in [0.1, 0.15) is 28.8 Å². The summed E-state index contributed by atoms with van der Waals surface area (Å²) in [5.74, 6) is -0.341. The number of nitrogens with one attached hydrogen (secondary N) is 2. The van der Waals surface area contributed by atoms with Gasteiger partial charge in [0.05, 0.1) is 0 Å². The van der Waals surface area contributed by atoms with Gasteiger partial charge in [0.1, 0.15) is 0 Å². The van der Waals surface area contributed by atoms with Crippen LogP contribution < -0.4 is 10.6 Å². The SMILES string of the molecule is O=C(/C=C/c1cccc(-c2ccccc2)c1)Nc1cccc(C(=O)NC2CC2)c1. The Morgan fingerprint density at radius 2 is 1.59 bits per heavy atom. The quantitative estimate of drug-likeness (QED) is 0.596. The predicted octanol–water partition coefficient (Wildman–Crippen LogP) is 4.90. The normalized spacial score (nSPS) is 13.2. The molecular weight excluding hydrogens is 360 g/mol. The third kappa shape index (κ3) is 5.20. The van der Waals surface area contributed by atoms with E-state index in [4.69, 9.17) is 0 Å². The second-order valence-electron chi connectivity index (χ2n) is 7.14. The monoisotopic (exact) mass is 382 g/mol. The van der Waals surface area contributed by atoms with Crippen LogP contribution in [0.25, 0.3) is 17.2 Å². The molecule has 0 radical (unpaired) electrons. The standard InChI is InChI=1S/C25H22N2O2/c28-24(26-23-11-5-10-21(17-23)25(29)27-22-13-14-22)15-12-18-6-4-9-20(16-18)19-7-2-1-3-8-19/h1-12,15-17,22H,13-14H2,(H,26,28)(H,27,29)/b15-12+. The molecule has 3 aromatic rings. The zero-order valence-electron chi connectivity index (χ0n) is 16.0. The number of hydrogen-bond acceptors (Lipinski definition) is 2. The lowest BCUT2D eigenvalue weighted by molar-refractivity contribution is -0.111. The fourth-order valence-electron chi connectivity index (χ4n) is 3.04. The van der Waals surface area contributed by atoms with Gasteiger partial charge in [0.2, 0.25) is 5.91 Å². The van der Waals surface area contributed by atoms with Crippen molar-refractivity contribution in [3.63, 3.8) is 0 Å². The molecule has 0 atom stereocenters. The first-order valence-electron chi connectivity index (χ1n) is 9.73. The summed E-state index contributed by atoms with van der Waals surface area (Å²) in [7, 11) is 0. The lowest BCUT2D eigenvalue weighted by Crippen LogP contribution is -2.25. The maximum Gasteiger partial charge on any atom is 0.251 e. The minimum Gasteiger partial charge on any atom is -0.349 e. The van der Waals surface area contributed by atoms with Crippen LogP contribution in [-0.4, -0.2) is 17.9 Å². The molecule has 0 heterocycles. The molecule has 0 aromatic heterocycles. The molecule has 4 rings (SSSR count). The van der Waals surface area contributed by atoms with Gasteiger partial charge in [0.25, 0.3) is 5.91 Å². The van der Waals surface area contributed by atoms with E-state index >= 15 is 0 Å². The summed E-state index contributed by atoms with van der Waals surface area (Å²) in [6, 6.07) is 25.4. The Bertz CT molecular complexity index is 1050. The minimum absolute atomic E-state index is 0.100. The molecule has 0 bridgehead atoms. The molecular formula is C25H22N2O2. The molecule has 4 nitrogen and oxygen atoms in total. The third-order valence-electron chi connectivity index (χ3n) is 4.73. The van der Waals surface area contributed by atoms with E-state index in [1.54, 1.807) is 30.3 Å². The lowest BCUT2D eigenvalue weighted by Gasteiger charge is -2.06. The van der Waals surface area contributed by atoms with Crippen molar-refractivity contribution in [2.75, 3.05) is 5.32 Å². The van der Waals surface area contributed by atoms with E-state index in [1.807, 2.05) is 42.5 Å². The predicted molar refractivity (Wildman–Crippen MR) is 116 cm³/mol. The van der Waals surface area contributed by atoms with Crippen molar-refractivity contribution in [2.45, 2.75) is 18.9 Å². The van der Waals surface area contributed by atoms with Gasteiger partial charge in [-0.1, -0.05) is 54.6 Å². The van der Waals surface area contributed by atoms with Crippen molar-refractivity contribution in [2.24, 2.45) is 0 Å². The molecule has 0 unspecified atom stereocenters. The highest BCUT2D eigenvalue weighted by atomic mass is 16.2. The zero-order chi connectivity index (χ0) is 20.1. The fraction of sp³-hybridized carbons (Fsp3) is 0.120. The van der Waals surface area contributed by atoms with E-state index < -0.39 is 0 Å². The summed E-state index contributed by atoms with van der Waals surface area (Å²) in [5, 5.41) is 5.77. The van der Waals surface area contributed by atoms with Crippen molar-refractivity contribution in [3.05, 3.63) is 96.1 Å². The molecule has 2 amide bonds. The van der Waals surface area contributed by atoms with Gasteiger partial charge in [-0.2, -0.15) is 0 Å². The summed E-state index contributed by atoms with van der Waals surface area (Å²) in [5.41, 5.74) is 4.32. The summed E-state index contributed by atoms with van der Waals surface area (Å²) in [6.07, 6.45) is 5.36. The zero-order valence-corrected chi connectivity index (χ0v) is 16.0. The Morgan fingerprint density at radius 3 is 2.38 bits per heavy atom. The summed E-state index contributed by atoms with van der Waals surface area (Å²) in [6.45, 7) is 0. The van der Waals surface area contributed by atoms with Crippen LogP contribution in [0.2, 0.25) is 0 Å². The van der Waals surface area contributed by atoms with Crippen molar-refractivity contribution < 1.29 is 9.59 Å². The van der Waals surface area contributed by atoms with Crippen LogP contribution in [-0.2, 0) is 4.79 Å². The van der Waals surface area contributed by atoms with Gasteiger partial charge in [-0.15, -0.1) is 0 Å². The molecule has 1 aliphatic rings. The smallest absolute Gasteiger partial charge is 0.251 e. The summed E-state index contributed by atoms with van der Waals surface area (Å²) in [4.78, 5) is 24.5. The Morgan fingerprint density at radius 1 is 0.828 bits per heavy atom. The highest BCUT2D eigenvalue weighted by molar-refractivity contribution is 6.03.